The van der Waals surface area contributed by atoms with Crippen LogP contribution in [0, 0.1) is 11.8 Å². The summed E-state index contributed by atoms with van der Waals surface area (Å²) in [5.74, 6) is 0.749. The van der Waals surface area contributed by atoms with Crippen molar-refractivity contribution in [3.8, 4) is 0 Å². The zero-order valence-corrected chi connectivity index (χ0v) is 14.1. The van der Waals surface area contributed by atoms with Gasteiger partial charge in [-0.3, -0.25) is 0 Å². The Bertz CT molecular complexity index is 231. The largest absolute Gasteiger partial charge is 0.500 e. The Morgan fingerprint density at radius 2 is 1.56 bits per heavy atom. The van der Waals surface area contributed by atoms with Crippen LogP contribution in [0.2, 0.25) is 6.04 Å². The molecule has 0 saturated carbocycles. The van der Waals surface area contributed by atoms with Crippen LogP contribution in [0.25, 0.3) is 0 Å². The highest BCUT2D eigenvalue weighted by molar-refractivity contribution is 6.60. The molecular formula is C14H30O3Si. The lowest BCUT2D eigenvalue weighted by Crippen LogP contribution is -2.56. The van der Waals surface area contributed by atoms with Crippen molar-refractivity contribution < 1.29 is 13.3 Å². The monoisotopic (exact) mass is 274 g/mol. The van der Waals surface area contributed by atoms with Gasteiger partial charge in [-0.2, -0.15) is 0 Å². The third-order valence-corrected chi connectivity index (χ3v) is 6.62. The standard InChI is InChI=1S/C14H30O3Si/c1-9-11-14(12(3)4,13(5)6)17-18(10-2,15-7)16-8/h9,12-13H,1,10-11H2,2-8H3. The molecule has 0 aliphatic carbocycles. The van der Waals surface area contributed by atoms with Gasteiger partial charge in [0, 0.05) is 20.3 Å². The zero-order chi connectivity index (χ0) is 14.4. The Morgan fingerprint density at radius 3 is 1.78 bits per heavy atom. The van der Waals surface area contributed by atoms with Gasteiger partial charge in [0.15, 0.2) is 0 Å². The molecule has 0 aliphatic rings. The number of hydrogen-bond donors (Lipinski definition) is 0. The summed E-state index contributed by atoms with van der Waals surface area (Å²) >= 11 is 0. The molecule has 0 bridgehead atoms. The number of rotatable bonds is 9. The highest BCUT2D eigenvalue weighted by Crippen LogP contribution is 2.38. The predicted molar refractivity (Wildman–Crippen MR) is 78.6 cm³/mol. The van der Waals surface area contributed by atoms with E-state index in [1.807, 2.05) is 6.08 Å². The van der Waals surface area contributed by atoms with Crippen LogP contribution >= 0.6 is 0 Å². The zero-order valence-electron chi connectivity index (χ0n) is 13.1. The average molecular weight is 274 g/mol. The van der Waals surface area contributed by atoms with Gasteiger partial charge >= 0.3 is 8.80 Å². The fourth-order valence-electron chi connectivity index (χ4n) is 2.46. The minimum Gasteiger partial charge on any atom is -0.377 e. The predicted octanol–water partition coefficient (Wildman–Crippen LogP) is 3.88. The van der Waals surface area contributed by atoms with Crippen LogP contribution in [0.5, 0.6) is 0 Å². The SMILES string of the molecule is C=CCC(O[Si](CC)(OC)OC)(C(C)C)C(C)C. The first-order chi connectivity index (χ1) is 8.34. The van der Waals surface area contributed by atoms with Crippen molar-refractivity contribution in [2.75, 3.05) is 14.2 Å². The molecule has 0 fully saturated rings. The molecule has 4 heteroatoms. The molecule has 0 N–H and O–H groups in total. The summed E-state index contributed by atoms with van der Waals surface area (Å²) in [5, 5.41) is 0. The van der Waals surface area contributed by atoms with Crippen molar-refractivity contribution in [3.63, 3.8) is 0 Å². The van der Waals surface area contributed by atoms with Crippen LogP contribution in [-0.2, 0) is 13.3 Å². The summed E-state index contributed by atoms with van der Waals surface area (Å²) in [5.41, 5.74) is -0.268. The van der Waals surface area contributed by atoms with Crippen molar-refractivity contribution in [2.24, 2.45) is 11.8 Å². The van der Waals surface area contributed by atoms with Gasteiger partial charge in [-0.15, -0.1) is 6.58 Å². The second-order valence-corrected chi connectivity index (χ2v) is 8.40. The van der Waals surface area contributed by atoms with Gasteiger partial charge in [-0.05, 0) is 18.3 Å². The van der Waals surface area contributed by atoms with Gasteiger partial charge in [-0.1, -0.05) is 40.7 Å². The van der Waals surface area contributed by atoms with E-state index in [1.165, 1.54) is 0 Å². The second kappa shape index (κ2) is 7.43. The molecule has 0 rings (SSSR count). The van der Waals surface area contributed by atoms with Crippen molar-refractivity contribution in [2.45, 2.75) is 52.7 Å². The molecule has 0 atom stereocenters. The molecule has 0 aromatic carbocycles. The van der Waals surface area contributed by atoms with E-state index < -0.39 is 8.80 Å². The summed E-state index contributed by atoms with van der Waals surface area (Å²) in [7, 11) is 0.795. The third-order valence-electron chi connectivity index (χ3n) is 3.82. The minimum atomic E-state index is -2.56. The topological polar surface area (TPSA) is 27.7 Å². The van der Waals surface area contributed by atoms with E-state index in [2.05, 4.69) is 41.2 Å². The average Bonchev–Trinajstić information content (AvgIpc) is 2.34. The van der Waals surface area contributed by atoms with E-state index in [1.54, 1.807) is 14.2 Å². The smallest absolute Gasteiger partial charge is 0.377 e. The van der Waals surface area contributed by atoms with Crippen LogP contribution in [-0.4, -0.2) is 28.6 Å². The van der Waals surface area contributed by atoms with Gasteiger partial charge in [0.2, 0.25) is 0 Å². The summed E-state index contributed by atoms with van der Waals surface area (Å²) in [6, 6.07) is 0.776. The molecule has 108 valence electrons. The molecule has 18 heavy (non-hydrogen) atoms. The summed E-state index contributed by atoms with van der Waals surface area (Å²) in [6.07, 6.45) is 2.74. The lowest BCUT2D eigenvalue weighted by atomic mass is 9.78. The lowest BCUT2D eigenvalue weighted by Gasteiger charge is -2.45. The normalized spacial score (nSPS) is 13.4. The van der Waals surface area contributed by atoms with E-state index in [0.29, 0.717) is 11.8 Å². The Labute approximate surface area is 114 Å². The van der Waals surface area contributed by atoms with Gasteiger partial charge < -0.3 is 13.3 Å². The van der Waals surface area contributed by atoms with E-state index in [4.69, 9.17) is 13.3 Å². The first-order valence-corrected chi connectivity index (χ1v) is 8.68. The Kier molecular flexibility index (Phi) is 7.36. The molecule has 0 spiro atoms. The van der Waals surface area contributed by atoms with Gasteiger partial charge in [0.1, 0.15) is 0 Å². The quantitative estimate of drug-likeness (QED) is 0.472. The summed E-state index contributed by atoms with van der Waals surface area (Å²) in [6.45, 7) is 14.7. The van der Waals surface area contributed by atoms with E-state index in [0.717, 1.165) is 12.5 Å². The molecule has 0 aliphatic heterocycles. The maximum absolute atomic E-state index is 6.46. The second-order valence-electron chi connectivity index (χ2n) is 5.30. The Balaban J connectivity index is 5.37. The molecule has 0 saturated heterocycles. The van der Waals surface area contributed by atoms with Gasteiger partial charge in [0.25, 0.3) is 0 Å². The maximum atomic E-state index is 6.46. The highest BCUT2D eigenvalue weighted by Gasteiger charge is 2.48. The third kappa shape index (κ3) is 3.67. The van der Waals surface area contributed by atoms with E-state index in [9.17, 15) is 0 Å². The Morgan fingerprint density at radius 1 is 1.11 bits per heavy atom. The molecule has 3 nitrogen and oxygen atoms in total. The van der Waals surface area contributed by atoms with Crippen LogP contribution < -0.4 is 0 Å². The molecule has 0 aromatic rings. The van der Waals surface area contributed by atoms with Crippen molar-refractivity contribution in [1.82, 2.24) is 0 Å². The van der Waals surface area contributed by atoms with Crippen molar-refractivity contribution >= 4 is 8.80 Å². The molecule has 0 unspecified atom stereocenters. The van der Waals surface area contributed by atoms with E-state index >= 15 is 0 Å². The fourth-order valence-corrected chi connectivity index (χ4v) is 4.65. The first kappa shape index (κ1) is 17.8. The first-order valence-electron chi connectivity index (χ1n) is 6.75. The number of hydrogen-bond acceptors (Lipinski definition) is 3. The van der Waals surface area contributed by atoms with Crippen LogP contribution in [0.4, 0.5) is 0 Å². The Hall–Kier alpha value is -0.163. The molecule has 0 heterocycles. The molecule has 0 aromatic heterocycles. The van der Waals surface area contributed by atoms with Crippen molar-refractivity contribution in [1.29, 1.82) is 0 Å². The van der Waals surface area contributed by atoms with Crippen LogP contribution in [0.15, 0.2) is 12.7 Å². The molecule has 0 radical (unpaired) electrons. The fraction of sp³-hybridized carbons (Fsp3) is 0.857. The van der Waals surface area contributed by atoms with Crippen LogP contribution in [0.1, 0.15) is 41.0 Å². The highest BCUT2D eigenvalue weighted by atomic mass is 28.4. The summed E-state index contributed by atoms with van der Waals surface area (Å²) < 4.78 is 17.7. The van der Waals surface area contributed by atoms with Crippen molar-refractivity contribution in [3.05, 3.63) is 12.7 Å². The van der Waals surface area contributed by atoms with Gasteiger partial charge in [-0.25, -0.2) is 0 Å². The van der Waals surface area contributed by atoms with Crippen LogP contribution in [0.3, 0.4) is 0 Å². The maximum Gasteiger partial charge on any atom is 0.500 e. The molecule has 0 amide bonds. The minimum absolute atomic E-state index is 0.268. The van der Waals surface area contributed by atoms with Gasteiger partial charge in [0.05, 0.1) is 5.60 Å². The van der Waals surface area contributed by atoms with E-state index in [-0.39, 0.29) is 5.60 Å². The molecular weight excluding hydrogens is 244 g/mol. The summed E-state index contributed by atoms with van der Waals surface area (Å²) in [4.78, 5) is 0. The lowest BCUT2D eigenvalue weighted by molar-refractivity contribution is -0.0753.